The molecule has 3 unspecified atom stereocenters. The number of ether oxygens (including phenoxy) is 1. The van der Waals surface area contributed by atoms with Gasteiger partial charge in [0, 0.05) is 12.8 Å². The number of esters is 1. The van der Waals surface area contributed by atoms with E-state index in [-0.39, 0.29) is 24.9 Å². The number of allylic oxidation sites excluding steroid dienone is 9. The molecule has 0 bridgehead atoms. The van der Waals surface area contributed by atoms with Crippen LogP contribution < -0.4 is 10.2 Å². The summed E-state index contributed by atoms with van der Waals surface area (Å²) in [4.78, 5) is 40.0. The molecule has 77 heavy (non-hydrogen) atoms. The summed E-state index contributed by atoms with van der Waals surface area (Å²) in [7, 11) is 1.18. The van der Waals surface area contributed by atoms with Gasteiger partial charge in [-0.3, -0.25) is 14.2 Å². The highest BCUT2D eigenvalue weighted by atomic mass is 31.2. The van der Waals surface area contributed by atoms with E-state index in [1.54, 1.807) is 0 Å². The van der Waals surface area contributed by atoms with Crippen LogP contribution in [0.1, 0.15) is 303 Å². The van der Waals surface area contributed by atoms with E-state index < -0.39 is 26.6 Å². The largest absolute Gasteiger partial charge is 0.756 e. The number of carbonyl (C=O) groups excluding carboxylic acids is 2. The molecule has 0 fully saturated rings. The Morgan fingerprint density at radius 2 is 0.844 bits per heavy atom. The average Bonchev–Trinajstić information content (AvgIpc) is 3.39. The molecule has 0 radical (unpaired) electrons. The molecule has 0 spiro atoms. The Bertz CT molecular complexity index is 1500. The Morgan fingerprint density at radius 3 is 1.27 bits per heavy atom. The zero-order valence-electron chi connectivity index (χ0n) is 51.4. The Balaban J connectivity index is 5.05. The third kappa shape index (κ3) is 58.2. The predicted molar refractivity (Wildman–Crippen MR) is 330 cm³/mol. The average molecular weight is 1100 g/mol. The van der Waals surface area contributed by atoms with Gasteiger partial charge in [-0.05, 0) is 76.7 Å². The van der Waals surface area contributed by atoms with Gasteiger partial charge in [-0.1, -0.05) is 275 Å². The second kappa shape index (κ2) is 57.0. The van der Waals surface area contributed by atoms with Crippen molar-refractivity contribution in [3.05, 3.63) is 60.8 Å². The fraction of sp³-hybridized carbons (Fsp3) is 0.821. The van der Waals surface area contributed by atoms with E-state index in [1.165, 1.54) is 193 Å². The fourth-order valence-electron chi connectivity index (χ4n) is 9.46. The van der Waals surface area contributed by atoms with Crippen LogP contribution in [0.5, 0.6) is 0 Å². The minimum absolute atomic E-state index is 0.0253. The molecule has 3 atom stereocenters. The van der Waals surface area contributed by atoms with E-state index in [0.29, 0.717) is 17.4 Å². The van der Waals surface area contributed by atoms with Crippen LogP contribution in [0.25, 0.3) is 0 Å². The summed E-state index contributed by atoms with van der Waals surface area (Å²) in [5.74, 6) is -0.548. The normalized spacial score (nSPS) is 14.0. The van der Waals surface area contributed by atoms with E-state index in [2.05, 4.69) is 74.7 Å². The number of carbonyl (C=O) groups is 2. The van der Waals surface area contributed by atoms with Crippen LogP contribution in [0.4, 0.5) is 0 Å². The molecule has 0 aromatic carbocycles. The van der Waals surface area contributed by atoms with Crippen molar-refractivity contribution in [2.45, 2.75) is 315 Å². The van der Waals surface area contributed by atoms with Crippen molar-refractivity contribution in [2.24, 2.45) is 0 Å². The second-order valence-electron chi connectivity index (χ2n) is 23.3. The summed E-state index contributed by atoms with van der Waals surface area (Å²) in [5, 5.41) is 3.02. The lowest BCUT2D eigenvalue weighted by Crippen LogP contribution is -2.47. The van der Waals surface area contributed by atoms with Gasteiger partial charge in [-0.2, -0.15) is 0 Å². The van der Waals surface area contributed by atoms with Crippen molar-refractivity contribution in [2.75, 3.05) is 40.9 Å². The first-order valence-electron chi connectivity index (χ1n) is 32.6. The molecule has 0 saturated carbocycles. The van der Waals surface area contributed by atoms with Gasteiger partial charge in [0.05, 0.1) is 33.8 Å². The van der Waals surface area contributed by atoms with Gasteiger partial charge in [-0.25, -0.2) is 0 Å². The molecule has 0 aromatic heterocycles. The Kier molecular flexibility index (Phi) is 55.3. The molecular weight excluding hydrogens is 976 g/mol. The molecule has 1 amide bonds. The van der Waals surface area contributed by atoms with E-state index in [4.69, 9.17) is 13.8 Å². The quantitative estimate of drug-likeness (QED) is 0.0161. The molecule has 0 aromatic rings. The molecule has 0 saturated heterocycles. The third-order valence-corrected chi connectivity index (χ3v) is 15.5. The summed E-state index contributed by atoms with van der Waals surface area (Å²) >= 11 is 0. The van der Waals surface area contributed by atoms with Crippen LogP contribution >= 0.6 is 7.82 Å². The number of hydrogen-bond donors (Lipinski definition) is 1. The van der Waals surface area contributed by atoms with Gasteiger partial charge in [0.1, 0.15) is 19.3 Å². The summed E-state index contributed by atoms with van der Waals surface area (Å²) in [6, 6.07) is -0.894. The highest BCUT2D eigenvalue weighted by Gasteiger charge is 2.27. The molecule has 0 rings (SSSR count). The number of phosphoric ester groups is 1. The number of unbranched alkanes of at least 4 members (excludes halogenated alkanes) is 37. The number of likely N-dealkylation sites (N-methyl/N-ethyl adjacent to an activating group) is 1. The molecule has 9 nitrogen and oxygen atoms in total. The Hall–Kier alpha value is -2.29. The van der Waals surface area contributed by atoms with Crippen molar-refractivity contribution in [1.29, 1.82) is 0 Å². The molecule has 10 heteroatoms. The number of nitrogens with one attached hydrogen (secondary N) is 1. The SMILES string of the molecule is CC/C=C/C=C/C=C/CCCCCCCCCC(=O)NC(COP(=O)([O-])OCC[N+](C)(C)C)C(/C=C\CCCCCCCCCCC)OC(=O)CCCCCCCCCCCCCCCCC/C=C/CCCCCCCC. The molecule has 0 aliphatic carbocycles. The summed E-state index contributed by atoms with van der Waals surface area (Å²) in [6.45, 7) is 6.72. The number of quaternary nitrogens is 1. The minimum atomic E-state index is -4.70. The standard InChI is InChI=1S/C67H125N2O7P/c1-7-10-13-16-19-22-25-27-29-30-31-32-33-34-35-36-37-38-40-42-45-48-51-54-57-60-67(71)76-65(58-55-52-49-46-43-24-21-18-15-12-9-3)64(63-75-77(72,73)74-62-61-69(4,5)6)68-66(70)59-56-53-50-47-44-41-39-28-26-23-20-17-14-11-8-2/h11,14,17,20,23,26-27,29,55,58,64-65H,7-10,12-13,15-16,18-19,21-22,24-25,28,30-54,56-57,59-63H2,1-6H3,(H-,68,70,72,73)/b14-11+,20-17+,26-23+,29-27+,58-55-. The topological polar surface area (TPSA) is 114 Å². The summed E-state index contributed by atoms with van der Waals surface area (Å²) in [6.07, 6.45) is 72.0. The van der Waals surface area contributed by atoms with Crippen LogP contribution in [0.3, 0.4) is 0 Å². The minimum Gasteiger partial charge on any atom is -0.756 e. The highest BCUT2D eigenvalue weighted by Crippen LogP contribution is 2.38. The summed E-state index contributed by atoms with van der Waals surface area (Å²) in [5.41, 5.74) is 0. The predicted octanol–water partition coefficient (Wildman–Crippen LogP) is 19.6. The molecular formula is C67H125N2O7P. The first-order valence-corrected chi connectivity index (χ1v) is 34.1. The molecule has 0 aliphatic rings. The second-order valence-corrected chi connectivity index (χ2v) is 24.7. The number of rotatable bonds is 59. The molecule has 0 aliphatic heterocycles. The highest BCUT2D eigenvalue weighted by molar-refractivity contribution is 7.45. The van der Waals surface area contributed by atoms with Crippen LogP contribution in [0.15, 0.2) is 60.8 Å². The van der Waals surface area contributed by atoms with Crippen molar-refractivity contribution < 1.29 is 37.3 Å². The number of nitrogens with zero attached hydrogens (tertiary/aromatic N) is 1. The number of phosphoric acid groups is 1. The maximum Gasteiger partial charge on any atom is 0.306 e. The maximum atomic E-state index is 13.5. The Morgan fingerprint density at radius 1 is 0.468 bits per heavy atom. The third-order valence-electron chi connectivity index (χ3n) is 14.5. The van der Waals surface area contributed by atoms with Gasteiger partial charge < -0.3 is 28.5 Å². The smallest absolute Gasteiger partial charge is 0.306 e. The van der Waals surface area contributed by atoms with Crippen molar-refractivity contribution in [3.8, 4) is 0 Å². The van der Waals surface area contributed by atoms with Crippen molar-refractivity contribution in [3.63, 3.8) is 0 Å². The first-order chi connectivity index (χ1) is 37.4. The monoisotopic (exact) mass is 1100 g/mol. The van der Waals surface area contributed by atoms with Gasteiger partial charge in [0.2, 0.25) is 5.91 Å². The maximum absolute atomic E-state index is 13.5. The number of hydrogen-bond acceptors (Lipinski definition) is 7. The van der Waals surface area contributed by atoms with Gasteiger partial charge in [0.25, 0.3) is 7.82 Å². The van der Waals surface area contributed by atoms with Gasteiger partial charge in [0.15, 0.2) is 0 Å². The number of amides is 1. The first kappa shape index (κ1) is 74.7. The van der Waals surface area contributed by atoms with Crippen LogP contribution in [-0.4, -0.2) is 69.4 Å². The van der Waals surface area contributed by atoms with Gasteiger partial charge >= 0.3 is 5.97 Å². The zero-order chi connectivity index (χ0) is 56.4. The fourth-order valence-corrected chi connectivity index (χ4v) is 10.2. The molecule has 0 heterocycles. The Labute approximate surface area is 477 Å². The zero-order valence-corrected chi connectivity index (χ0v) is 52.3. The van der Waals surface area contributed by atoms with E-state index in [9.17, 15) is 19.0 Å². The van der Waals surface area contributed by atoms with Crippen molar-refractivity contribution >= 4 is 19.7 Å². The van der Waals surface area contributed by atoms with E-state index >= 15 is 0 Å². The van der Waals surface area contributed by atoms with Crippen LogP contribution in [0, 0.1) is 0 Å². The lowest BCUT2D eigenvalue weighted by molar-refractivity contribution is -0.870. The summed E-state index contributed by atoms with van der Waals surface area (Å²) < 4.78 is 30.3. The lowest BCUT2D eigenvalue weighted by Gasteiger charge is -2.30. The van der Waals surface area contributed by atoms with E-state index in [1.807, 2.05) is 33.3 Å². The van der Waals surface area contributed by atoms with Crippen LogP contribution in [-0.2, 0) is 27.9 Å². The lowest BCUT2D eigenvalue weighted by atomic mass is 10.0. The molecule has 1 N–H and O–H groups in total. The van der Waals surface area contributed by atoms with Crippen molar-refractivity contribution in [1.82, 2.24) is 5.32 Å². The van der Waals surface area contributed by atoms with Gasteiger partial charge in [-0.15, -0.1) is 0 Å². The molecule has 450 valence electrons. The van der Waals surface area contributed by atoms with Crippen LogP contribution in [0.2, 0.25) is 0 Å². The van der Waals surface area contributed by atoms with E-state index in [0.717, 1.165) is 77.0 Å².